The van der Waals surface area contributed by atoms with Crippen LogP contribution in [-0.4, -0.2) is 9.97 Å². The van der Waals surface area contributed by atoms with Crippen molar-refractivity contribution >= 4 is 0 Å². The Morgan fingerprint density at radius 3 is 2.53 bits per heavy atom. The van der Waals surface area contributed by atoms with Gasteiger partial charge >= 0.3 is 0 Å². The predicted octanol–water partition coefficient (Wildman–Crippen LogP) is 3.74. The summed E-state index contributed by atoms with van der Waals surface area (Å²) in [6, 6.07) is 10.1. The molecule has 3 nitrogen and oxygen atoms in total. The summed E-state index contributed by atoms with van der Waals surface area (Å²) in [6.45, 7) is 6.80. The van der Waals surface area contributed by atoms with Crippen molar-refractivity contribution in [3.8, 4) is 5.88 Å². The molecule has 0 fully saturated rings. The van der Waals surface area contributed by atoms with Crippen molar-refractivity contribution in [1.82, 2.24) is 9.97 Å². The van der Waals surface area contributed by atoms with Gasteiger partial charge in [0.15, 0.2) is 0 Å². The average molecular weight is 256 g/mol. The van der Waals surface area contributed by atoms with E-state index in [9.17, 15) is 0 Å². The largest absolute Gasteiger partial charge is 0.471 e. The zero-order valence-corrected chi connectivity index (χ0v) is 11.8. The topological polar surface area (TPSA) is 35.0 Å². The van der Waals surface area contributed by atoms with Gasteiger partial charge in [-0.25, -0.2) is 4.98 Å². The van der Waals surface area contributed by atoms with Crippen LogP contribution >= 0.6 is 0 Å². The molecular formula is C16H20N2O. The molecule has 0 aliphatic carbocycles. The maximum atomic E-state index is 5.85. The maximum Gasteiger partial charge on any atom is 0.236 e. The zero-order valence-electron chi connectivity index (χ0n) is 11.8. The highest BCUT2D eigenvalue weighted by Crippen LogP contribution is 2.23. The second-order valence-electron chi connectivity index (χ2n) is 4.83. The minimum Gasteiger partial charge on any atom is -0.471 e. The van der Waals surface area contributed by atoms with E-state index in [4.69, 9.17) is 4.74 Å². The van der Waals surface area contributed by atoms with Crippen molar-refractivity contribution in [2.75, 3.05) is 0 Å². The number of benzene rings is 1. The lowest BCUT2D eigenvalue weighted by atomic mass is 10.1. The molecule has 0 amide bonds. The van der Waals surface area contributed by atoms with Gasteiger partial charge in [0.2, 0.25) is 5.88 Å². The quantitative estimate of drug-likeness (QED) is 0.817. The number of aromatic nitrogens is 2. The normalized spacial score (nSPS) is 10.7. The molecule has 2 aromatic rings. The molecule has 0 radical (unpaired) electrons. The molecule has 1 heterocycles. The third kappa shape index (κ3) is 3.53. The monoisotopic (exact) mass is 256 g/mol. The van der Waals surface area contributed by atoms with Crippen LogP contribution in [0.15, 0.2) is 36.5 Å². The van der Waals surface area contributed by atoms with Crippen LogP contribution in [0.4, 0.5) is 0 Å². The van der Waals surface area contributed by atoms with Crippen LogP contribution < -0.4 is 4.74 Å². The Morgan fingerprint density at radius 2 is 1.89 bits per heavy atom. The molecule has 2 rings (SSSR count). The van der Waals surface area contributed by atoms with E-state index in [2.05, 4.69) is 30.7 Å². The fourth-order valence-electron chi connectivity index (χ4n) is 1.81. The summed E-state index contributed by atoms with van der Waals surface area (Å²) in [5, 5.41) is 0. The summed E-state index contributed by atoms with van der Waals surface area (Å²) in [5.41, 5.74) is 3.03. The third-order valence-corrected chi connectivity index (χ3v) is 2.94. The Bertz CT molecular complexity index is 524. The summed E-state index contributed by atoms with van der Waals surface area (Å²) in [4.78, 5) is 9.02. The van der Waals surface area contributed by atoms with E-state index in [1.54, 1.807) is 0 Å². The van der Waals surface area contributed by atoms with E-state index in [0.717, 1.165) is 23.4 Å². The lowest BCUT2D eigenvalue weighted by molar-refractivity contribution is 0.286. The molecule has 0 bridgehead atoms. The van der Waals surface area contributed by atoms with E-state index in [-0.39, 0.29) is 0 Å². The van der Waals surface area contributed by atoms with E-state index < -0.39 is 0 Å². The lowest BCUT2D eigenvalue weighted by Crippen LogP contribution is -2.06. The molecular weight excluding hydrogens is 236 g/mol. The minimum atomic E-state index is 0.309. The van der Waals surface area contributed by atoms with Crippen LogP contribution in [0.1, 0.15) is 43.6 Å². The molecule has 1 aromatic heterocycles. The first kappa shape index (κ1) is 13.5. The summed E-state index contributed by atoms with van der Waals surface area (Å²) < 4.78 is 5.85. The number of hydrogen-bond acceptors (Lipinski definition) is 3. The van der Waals surface area contributed by atoms with Crippen molar-refractivity contribution in [2.24, 2.45) is 0 Å². The highest BCUT2D eigenvalue weighted by atomic mass is 16.5. The van der Waals surface area contributed by atoms with E-state index in [0.29, 0.717) is 18.4 Å². The number of hydrogen-bond donors (Lipinski definition) is 0. The Hall–Kier alpha value is -1.90. The average Bonchev–Trinajstić information content (AvgIpc) is 2.45. The number of ether oxygens (including phenoxy) is 1. The summed E-state index contributed by atoms with van der Waals surface area (Å²) in [5.74, 6) is 0.974. The van der Waals surface area contributed by atoms with Crippen molar-refractivity contribution in [1.29, 1.82) is 0 Å². The molecule has 0 N–H and O–H groups in total. The highest BCUT2D eigenvalue weighted by molar-refractivity contribution is 5.24. The van der Waals surface area contributed by atoms with Crippen molar-refractivity contribution in [3.05, 3.63) is 53.5 Å². The predicted molar refractivity (Wildman–Crippen MR) is 76.3 cm³/mol. The molecule has 0 aliphatic heterocycles. The molecule has 0 saturated carbocycles. The number of aryl methyl sites for hydroxylation is 1. The first-order valence-electron chi connectivity index (χ1n) is 6.73. The molecule has 0 spiro atoms. The standard InChI is InChI=1S/C16H20N2O/c1-4-14-10-17-15(12(2)3)16(18-14)19-11-13-8-6-5-7-9-13/h5-10,12H,4,11H2,1-3H3. The molecule has 0 saturated heterocycles. The summed E-state index contributed by atoms with van der Waals surface area (Å²) in [6.07, 6.45) is 2.71. The van der Waals surface area contributed by atoms with Gasteiger partial charge in [-0.2, -0.15) is 0 Å². The molecule has 1 aromatic carbocycles. The minimum absolute atomic E-state index is 0.309. The van der Waals surface area contributed by atoms with Gasteiger partial charge in [0, 0.05) is 12.1 Å². The van der Waals surface area contributed by atoms with E-state index in [1.807, 2.05) is 36.5 Å². The Balaban J connectivity index is 2.18. The lowest BCUT2D eigenvalue weighted by Gasteiger charge is -2.13. The van der Waals surface area contributed by atoms with Crippen LogP contribution in [0.2, 0.25) is 0 Å². The van der Waals surface area contributed by atoms with Gasteiger partial charge in [-0.3, -0.25) is 4.98 Å². The fourth-order valence-corrected chi connectivity index (χ4v) is 1.81. The third-order valence-electron chi connectivity index (χ3n) is 2.94. The number of rotatable bonds is 5. The molecule has 100 valence electrons. The summed E-state index contributed by atoms with van der Waals surface area (Å²) >= 11 is 0. The Labute approximate surface area is 114 Å². The molecule has 0 atom stereocenters. The van der Waals surface area contributed by atoms with Crippen molar-refractivity contribution in [3.63, 3.8) is 0 Å². The Kier molecular flexibility index (Phi) is 4.50. The highest BCUT2D eigenvalue weighted by Gasteiger charge is 2.12. The van der Waals surface area contributed by atoms with Crippen LogP contribution in [0.5, 0.6) is 5.88 Å². The zero-order chi connectivity index (χ0) is 13.7. The van der Waals surface area contributed by atoms with Gasteiger partial charge < -0.3 is 4.74 Å². The van der Waals surface area contributed by atoms with Gasteiger partial charge in [0.1, 0.15) is 12.3 Å². The van der Waals surface area contributed by atoms with E-state index >= 15 is 0 Å². The second kappa shape index (κ2) is 6.32. The van der Waals surface area contributed by atoms with Gasteiger partial charge in [0.05, 0.1) is 5.69 Å². The van der Waals surface area contributed by atoms with Crippen molar-refractivity contribution in [2.45, 2.75) is 39.7 Å². The molecule has 0 unspecified atom stereocenters. The molecule has 19 heavy (non-hydrogen) atoms. The molecule has 0 aliphatic rings. The van der Waals surface area contributed by atoms with Crippen LogP contribution in [0.25, 0.3) is 0 Å². The Morgan fingerprint density at radius 1 is 1.16 bits per heavy atom. The van der Waals surface area contributed by atoms with Gasteiger partial charge in [-0.1, -0.05) is 51.1 Å². The van der Waals surface area contributed by atoms with Crippen LogP contribution in [-0.2, 0) is 13.0 Å². The van der Waals surface area contributed by atoms with Gasteiger partial charge in [-0.15, -0.1) is 0 Å². The first-order valence-corrected chi connectivity index (χ1v) is 6.73. The second-order valence-corrected chi connectivity index (χ2v) is 4.83. The molecule has 3 heteroatoms. The van der Waals surface area contributed by atoms with Crippen molar-refractivity contribution < 1.29 is 4.74 Å². The fraction of sp³-hybridized carbons (Fsp3) is 0.375. The summed E-state index contributed by atoms with van der Waals surface area (Å²) in [7, 11) is 0. The van der Waals surface area contributed by atoms with Gasteiger partial charge in [-0.05, 0) is 12.0 Å². The number of nitrogens with zero attached hydrogens (tertiary/aromatic N) is 2. The smallest absolute Gasteiger partial charge is 0.236 e. The maximum absolute atomic E-state index is 5.85. The SMILES string of the molecule is CCc1cnc(C(C)C)c(OCc2ccccc2)n1. The first-order chi connectivity index (χ1) is 9.20. The van der Waals surface area contributed by atoms with Crippen LogP contribution in [0, 0.1) is 0 Å². The van der Waals surface area contributed by atoms with Gasteiger partial charge in [0.25, 0.3) is 0 Å². The van der Waals surface area contributed by atoms with Crippen LogP contribution in [0.3, 0.4) is 0 Å². The van der Waals surface area contributed by atoms with E-state index in [1.165, 1.54) is 0 Å².